The molecule has 90 valence electrons. The maximum absolute atomic E-state index is 13.1. The van der Waals surface area contributed by atoms with Gasteiger partial charge < -0.3 is 15.1 Å². The van der Waals surface area contributed by atoms with Crippen LogP contribution in [-0.4, -0.2) is 114 Å². The van der Waals surface area contributed by atoms with E-state index in [0.29, 0.717) is 56.1 Å². The van der Waals surface area contributed by atoms with Gasteiger partial charge in [-0.1, -0.05) is 0 Å². The molecule has 16 heavy (non-hydrogen) atoms. The Morgan fingerprint density at radius 3 is 2.19 bits per heavy atom. The molecule has 5 nitrogen and oxygen atoms in total. The summed E-state index contributed by atoms with van der Waals surface area (Å²) < 4.78 is 39.4. The number of hydrogen-bond donors (Lipinski definition) is 3. The third kappa shape index (κ3) is 5.29. The molecular weight excluding hydrogens is 255 g/mol. The molecule has 1 atom stereocenters. The standard InChI is InChI=1S/C6H10F3N2.BH3O3.K/c1-10-3-4-11(2)6(8,9)5(10)7;2-1(3)4;/h5H,2-4H2,1H3;2-4H;. The second kappa shape index (κ2) is 7.67. The first-order chi connectivity index (χ1) is 7.23. The molecule has 0 aromatic heterocycles. The van der Waals surface area contributed by atoms with Crippen molar-refractivity contribution < 1.29 is 28.2 Å². The first-order valence-corrected chi connectivity index (χ1v) is 6.95. The van der Waals surface area contributed by atoms with E-state index in [1.165, 1.54) is 7.05 Å². The van der Waals surface area contributed by atoms with Crippen molar-refractivity contribution >= 4 is 56.3 Å². The van der Waals surface area contributed by atoms with Gasteiger partial charge in [0, 0.05) is 0 Å². The summed E-state index contributed by atoms with van der Waals surface area (Å²) in [5.74, 6) is 0. The van der Waals surface area contributed by atoms with E-state index in [1.807, 2.05) is 0 Å². The quantitative estimate of drug-likeness (QED) is 0.386. The van der Waals surface area contributed by atoms with E-state index in [4.69, 9.17) is 15.1 Å². The van der Waals surface area contributed by atoms with Crippen LogP contribution in [0.5, 0.6) is 0 Å². The van der Waals surface area contributed by atoms with Crippen LogP contribution in [0.4, 0.5) is 13.2 Å². The van der Waals surface area contributed by atoms with E-state index < -0.39 is 19.7 Å². The zero-order chi connectivity index (χ0) is 12.9. The van der Waals surface area contributed by atoms with Gasteiger partial charge >= 0.3 is 112 Å². The van der Waals surface area contributed by atoms with E-state index >= 15 is 0 Å². The zero-order valence-corrected chi connectivity index (χ0v) is 12.3. The molecule has 1 aliphatic rings. The molecule has 0 radical (unpaired) electrons. The molecule has 0 saturated carbocycles. The van der Waals surface area contributed by atoms with Crippen LogP contribution in [0.1, 0.15) is 0 Å². The minimum atomic E-state index is -3.28. The van der Waals surface area contributed by atoms with E-state index in [2.05, 4.69) is 0 Å². The summed E-state index contributed by atoms with van der Waals surface area (Å²) in [5, 5.41) is 21.5. The van der Waals surface area contributed by atoms with Crippen molar-refractivity contribution in [2.45, 2.75) is 12.3 Å². The van der Waals surface area contributed by atoms with Crippen LogP contribution in [0, 0.1) is 0 Å². The summed E-state index contributed by atoms with van der Waals surface area (Å²) in [5.41, 5.74) is 0. The fraction of sp³-hybridized carbons (Fsp3) is 1.00. The van der Waals surface area contributed by atoms with Crippen LogP contribution >= 0.6 is 0 Å². The molecule has 0 aromatic carbocycles. The zero-order valence-electron chi connectivity index (χ0n) is 9.15. The van der Waals surface area contributed by atoms with Crippen molar-refractivity contribution in [1.29, 1.82) is 0 Å². The third-order valence-electron chi connectivity index (χ3n) is 2.20. The molecule has 0 bridgehead atoms. The van der Waals surface area contributed by atoms with E-state index in [9.17, 15) is 13.2 Å². The van der Waals surface area contributed by atoms with Crippen LogP contribution in [0.2, 0.25) is 0 Å². The SMILES string of the molecule is CN1CCN([CH2][K])C(F)(F)C1F.OB(O)O. The summed E-state index contributed by atoms with van der Waals surface area (Å²) in [6.07, 6.45) is -2.14. The minimum absolute atomic E-state index is 0.270. The molecule has 1 saturated heterocycles. The fourth-order valence-electron chi connectivity index (χ4n) is 1.33. The Kier molecular flexibility index (Phi) is 8.28. The molecule has 0 aliphatic carbocycles. The molecule has 1 heterocycles. The first kappa shape index (κ1) is 17.3. The number of rotatable bonds is 1. The number of halogens is 3. The van der Waals surface area contributed by atoms with Gasteiger partial charge in [0.1, 0.15) is 0 Å². The van der Waals surface area contributed by atoms with Crippen molar-refractivity contribution in [3.63, 3.8) is 0 Å². The second-order valence-electron chi connectivity index (χ2n) is 3.33. The topological polar surface area (TPSA) is 67.2 Å². The van der Waals surface area contributed by atoms with Crippen LogP contribution < -0.4 is 0 Å². The van der Waals surface area contributed by atoms with Crippen molar-refractivity contribution in [1.82, 2.24) is 9.80 Å². The Balaban J connectivity index is 0.000000487. The average Bonchev–Trinajstić information content (AvgIpc) is 2.14. The van der Waals surface area contributed by atoms with Crippen molar-refractivity contribution in [2.75, 3.05) is 20.8 Å². The molecule has 1 aliphatic heterocycles. The van der Waals surface area contributed by atoms with Crippen LogP contribution in [-0.2, 0) is 0 Å². The molecule has 1 fully saturated rings. The molecule has 10 heteroatoms. The van der Waals surface area contributed by atoms with Crippen LogP contribution in [0.3, 0.4) is 0 Å². The molecule has 1 unspecified atom stereocenters. The predicted octanol–water partition coefficient (Wildman–Crippen LogP) is -1.80. The van der Waals surface area contributed by atoms with Crippen LogP contribution in [0.15, 0.2) is 0 Å². The number of piperazine rings is 1. The minimum Gasteiger partial charge on any atom is -0.402 e. The van der Waals surface area contributed by atoms with Gasteiger partial charge in [-0.25, -0.2) is 0 Å². The largest absolute Gasteiger partial charge is 0.631 e. The Labute approximate surface area is 126 Å². The molecule has 0 aromatic rings. The number of alkyl halides is 3. The fourth-order valence-corrected chi connectivity index (χ4v) is 2.48. The Bertz CT molecular complexity index is 209. The van der Waals surface area contributed by atoms with Crippen molar-refractivity contribution in [2.24, 2.45) is 0 Å². The van der Waals surface area contributed by atoms with Gasteiger partial charge in [0.05, 0.1) is 0 Å². The van der Waals surface area contributed by atoms with Gasteiger partial charge in [0.15, 0.2) is 0 Å². The molecule has 3 N–H and O–H groups in total. The first-order valence-electron chi connectivity index (χ1n) is 4.74. The van der Waals surface area contributed by atoms with Gasteiger partial charge in [-0.3, -0.25) is 0 Å². The third-order valence-corrected chi connectivity index (χ3v) is 3.39. The van der Waals surface area contributed by atoms with Crippen LogP contribution in [0.25, 0.3) is 0 Å². The second-order valence-corrected chi connectivity index (χ2v) is 4.32. The molecule has 0 amide bonds. The van der Waals surface area contributed by atoms with Crippen molar-refractivity contribution in [3.05, 3.63) is 0 Å². The van der Waals surface area contributed by atoms with Gasteiger partial charge in [-0.05, 0) is 0 Å². The smallest absolute Gasteiger partial charge is 0.402 e. The number of likely N-dealkylation sites (N-methyl/N-ethyl adjacent to an activating group) is 1. The summed E-state index contributed by atoms with van der Waals surface area (Å²) in [7, 11) is -0.785. The van der Waals surface area contributed by atoms with Gasteiger partial charge in [0.25, 0.3) is 0 Å². The summed E-state index contributed by atoms with van der Waals surface area (Å²) in [6, 6.07) is -3.28. The molecule has 0 spiro atoms. The normalized spacial score (nSPS) is 25.9. The van der Waals surface area contributed by atoms with Gasteiger partial charge in [-0.2, -0.15) is 0 Å². The van der Waals surface area contributed by atoms with Gasteiger partial charge in [-0.15, -0.1) is 0 Å². The summed E-state index contributed by atoms with van der Waals surface area (Å²) >= 11 is 0.312. The van der Waals surface area contributed by atoms with E-state index in [-0.39, 0.29) is 6.54 Å². The Morgan fingerprint density at radius 1 is 1.38 bits per heavy atom. The Hall–Kier alpha value is 1.29. The monoisotopic (exact) mass is 268 g/mol. The maximum Gasteiger partial charge on any atom is 0.631 e. The van der Waals surface area contributed by atoms with Crippen molar-refractivity contribution in [3.8, 4) is 0 Å². The molecule has 1 rings (SSSR count). The van der Waals surface area contributed by atoms with E-state index in [0.717, 1.165) is 9.80 Å². The predicted molar refractivity (Wildman–Crippen MR) is 52.2 cm³/mol. The van der Waals surface area contributed by atoms with Gasteiger partial charge in [0.2, 0.25) is 0 Å². The van der Waals surface area contributed by atoms with E-state index in [1.54, 1.807) is 0 Å². The summed E-state index contributed by atoms with van der Waals surface area (Å²) in [6.45, 7) is 0.651. The summed E-state index contributed by atoms with van der Waals surface area (Å²) in [4.78, 5) is 2.00. The Morgan fingerprint density at radius 2 is 1.81 bits per heavy atom. The number of hydrogen-bond acceptors (Lipinski definition) is 5. The average molecular weight is 268 g/mol. The number of nitrogens with zero attached hydrogens (tertiary/aromatic N) is 2. The maximum atomic E-state index is 13.1. The molecular formula is C6H13BF3KN2O3.